The normalized spacial score (nSPS) is 11.0. The maximum Gasteiger partial charge on any atom is 0.254 e. The van der Waals surface area contributed by atoms with E-state index in [1.165, 1.54) is 0 Å². The van der Waals surface area contributed by atoms with Crippen LogP contribution in [-0.4, -0.2) is 34.8 Å². The zero-order valence-electron chi connectivity index (χ0n) is 22.8. The van der Waals surface area contributed by atoms with Crippen LogP contribution in [0.4, 0.5) is 8.78 Å². The fraction of sp³-hybridized carbons (Fsp3) is 0.176. The number of hydrogen-bond donors (Lipinski definition) is 2. The highest BCUT2D eigenvalue weighted by Gasteiger charge is 2.22. The summed E-state index contributed by atoms with van der Waals surface area (Å²) in [6.45, 7) is 3.01. The first kappa shape index (κ1) is 27.8. The number of H-pyrrole nitrogens is 1. The van der Waals surface area contributed by atoms with Crippen molar-refractivity contribution in [2.75, 3.05) is 13.1 Å². The first-order valence-corrected chi connectivity index (χ1v) is 13.7. The van der Waals surface area contributed by atoms with Crippen molar-refractivity contribution in [2.24, 2.45) is 0 Å². The number of aromatic amines is 1. The number of amides is 2. The molecular formula is C34H31F2N3O2. The van der Waals surface area contributed by atoms with Gasteiger partial charge in [-0.05, 0) is 65.9 Å². The summed E-state index contributed by atoms with van der Waals surface area (Å²) in [5.41, 5.74) is 4.32. The van der Waals surface area contributed by atoms with Gasteiger partial charge in [-0.15, -0.1) is 0 Å². The van der Waals surface area contributed by atoms with Crippen LogP contribution in [0.2, 0.25) is 0 Å². The van der Waals surface area contributed by atoms with E-state index in [-0.39, 0.29) is 18.0 Å². The molecule has 0 bridgehead atoms. The van der Waals surface area contributed by atoms with Crippen LogP contribution in [0.3, 0.4) is 0 Å². The molecule has 208 valence electrons. The van der Waals surface area contributed by atoms with Gasteiger partial charge in [-0.1, -0.05) is 61.5 Å². The molecule has 5 aromatic rings. The minimum Gasteiger partial charge on any atom is -0.361 e. The van der Waals surface area contributed by atoms with Crippen LogP contribution in [0.15, 0.2) is 97.2 Å². The fourth-order valence-corrected chi connectivity index (χ4v) is 5.12. The molecule has 0 fully saturated rings. The topological polar surface area (TPSA) is 65.2 Å². The van der Waals surface area contributed by atoms with Crippen molar-refractivity contribution in [3.05, 3.63) is 131 Å². The van der Waals surface area contributed by atoms with Gasteiger partial charge in [0.05, 0.1) is 0 Å². The van der Waals surface area contributed by atoms with Crippen LogP contribution in [0.1, 0.15) is 45.2 Å². The Balaban J connectivity index is 1.39. The molecule has 2 amide bonds. The fourth-order valence-electron chi connectivity index (χ4n) is 5.12. The van der Waals surface area contributed by atoms with Crippen LogP contribution >= 0.6 is 0 Å². The molecule has 0 aliphatic rings. The molecule has 0 saturated carbocycles. The number of nitrogens with one attached hydrogen (secondary N) is 2. The molecule has 0 radical (unpaired) electrons. The molecular weight excluding hydrogens is 520 g/mol. The number of hydrogen-bond acceptors (Lipinski definition) is 2. The number of halogens is 2. The zero-order valence-corrected chi connectivity index (χ0v) is 22.8. The standard InChI is InChI=1S/C34H31F2N3O2/c1-2-18-39(19-17-23-21-37-32-14-8-7-9-26(23)32)34(41)30-13-6-4-11-28(30)27-10-3-5-12-29(27)33(40)38-22-24-20-25(35)15-16-31(24)36/h3-16,20-21,37H,2,17-19,22H2,1H3,(H,38,40). The van der Waals surface area contributed by atoms with Gasteiger partial charge in [0.1, 0.15) is 11.6 Å². The van der Waals surface area contributed by atoms with Gasteiger partial charge >= 0.3 is 0 Å². The number of carbonyl (C=O) groups is 2. The monoisotopic (exact) mass is 551 g/mol. The Kier molecular flexibility index (Phi) is 8.53. The molecule has 7 heteroatoms. The molecule has 4 aromatic carbocycles. The van der Waals surface area contributed by atoms with Crippen molar-refractivity contribution < 1.29 is 18.4 Å². The highest BCUT2D eigenvalue weighted by molar-refractivity contribution is 6.06. The molecule has 5 nitrogen and oxygen atoms in total. The van der Waals surface area contributed by atoms with Gasteiger partial charge in [0.15, 0.2) is 0 Å². The van der Waals surface area contributed by atoms with Gasteiger partial charge in [0, 0.05) is 53.4 Å². The van der Waals surface area contributed by atoms with E-state index in [1.54, 1.807) is 30.3 Å². The first-order chi connectivity index (χ1) is 20.0. The Hall–Kier alpha value is -4.78. The number of fused-ring (bicyclic) bond motifs is 1. The number of benzene rings is 4. The lowest BCUT2D eigenvalue weighted by molar-refractivity contribution is 0.0757. The lowest BCUT2D eigenvalue weighted by Crippen LogP contribution is -2.34. The van der Waals surface area contributed by atoms with Crippen LogP contribution < -0.4 is 5.32 Å². The van der Waals surface area contributed by atoms with Crippen molar-refractivity contribution in [3.8, 4) is 11.1 Å². The highest BCUT2D eigenvalue weighted by Crippen LogP contribution is 2.29. The Morgan fingerprint density at radius 2 is 1.49 bits per heavy atom. The van der Waals surface area contributed by atoms with Crippen LogP contribution in [0.5, 0.6) is 0 Å². The molecule has 5 rings (SSSR count). The van der Waals surface area contributed by atoms with Gasteiger partial charge in [-0.25, -0.2) is 8.78 Å². The predicted molar refractivity (Wildman–Crippen MR) is 158 cm³/mol. The average molecular weight is 552 g/mol. The average Bonchev–Trinajstić information content (AvgIpc) is 3.42. The first-order valence-electron chi connectivity index (χ1n) is 13.7. The predicted octanol–water partition coefficient (Wildman–Crippen LogP) is 7.14. The lowest BCUT2D eigenvalue weighted by Gasteiger charge is -2.24. The molecule has 1 heterocycles. The summed E-state index contributed by atoms with van der Waals surface area (Å²) in [5, 5.41) is 3.84. The summed E-state index contributed by atoms with van der Waals surface area (Å²) in [7, 11) is 0. The summed E-state index contributed by atoms with van der Waals surface area (Å²) >= 11 is 0. The van der Waals surface area contributed by atoms with E-state index < -0.39 is 17.5 Å². The summed E-state index contributed by atoms with van der Waals surface area (Å²) in [4.78, 5) is 32.4. The van der Waals surface area contributed by atoms with Crippen LogP contribution in [-0.2, 0) is 13.0 Å². The number of para-hydroxylation sites is 1. The summed E-state index contributed by atoms with van der Waals surface area (Å²) < 4.78 is 27.7. The van der Waals surface area contributed by atoms with Crippen molar-refractivity contribution in [2.45, 2.75) is 26.3 Å². The second kappa shape index (κ2) is 12.6. The number of carbonyl (C=O) groups excluding carboxylic acids is 2. The van der Waals surface area contributed by atoms with E-state index in [4.69, 9.17) is 0 Å². The molecule has 0 unspecified atom stereocenters. The van der Waals surface area contributed by atoms with E-state index in [1.807, 2.05) is 54.4 Å². The third-order valence-corrected chi connectivity index (χ3v) is 7.17. The largest absolute Gasteiger partial charge is 0.361 e. The molecule has 0 saturated heterocycles. The number of nitrogens with zero attached hydrogens (tertiary/aromatic N) is 1. The van der Waals surface area contributed by atoms with Crippen molar-refractivity contribution in [3.63, 3.8) is 0 Å². The highest BCUT2D eigenvalue weighted by atomic mass is 19.1. The summed E-state index contributed by atoms with van der Waals surface area (Å²) in [6, 6.07) is 25.5. The van der Waals surface area contributed by atoms with Gasteiger partial charge in [-0.2, -0.15) is 0 Å². The Bertz CT molecular complexity index is 1690. The van der Waals surface area contributed by atoms with Gasteiger partial charge in [-0.3, -0.25) is 9.59 Å². The quantitative estimate of drug-likeness (QED) is 0.194. The summed E-state index contributed by atoms with van der Waals surface area (Å²) in [6.07, 6.45) is 3.50. The molecule has 0 spiro atoms. The Morgan fingerprint density at radius 3 is 2.27 bits per heavy atom. The van der Waals surface area contributed by atoms with Gasteiger partial charge in [0.2, 0.25) is 0 Å². The van der Waals surface area contributed by atoms with Crippen molar-refractivity contribution >= 4 is 22.7 Å². The minimum absolute atomic E-state index is 0.0526. The maximum absolute atomic E-state index is 14.1. The third kappa shape index (κ3) is 6.19. The maximum atomic E-state index is 14.1. The van der Waals surface area contributed by atoms with Crippen molar-refractivity contribution in [1.29, 1.82) is 0 Å². The van der Waals surface area contributed by atoms with E-state index in [9.17, 15) is 18.4 Å². The Labute approximate surface area is 237 Å². The second-order valence-electron chi connectivity index (χ2n) is 9.91. The molecule has 0 atom stereocenters. The smallest absolute Gasteiger partial charge is 0.254 e. The molecule has 2 N–H and O–H groups in total. The third-order valence-electron chi connectivity index (χ3n) is 7.17. The second-order valence-corrected chi connectivity index (χ2v) is 9.91. The Morgan fingerprint density at radius 1 is 0.805 bits per heavy atom. The van der Waals surface area contributed by atoms with E-state index in [2.05, 4.69) is 16.4 Å². The number of aromatic nitrogens is 1. The zero-order chi connectivity index (χ0) is 28.8. The van der Waals surface area contributed by atoms with Gasteiger partial charge < -0.3 is 15.2 Å². The minimum atomic E-state index is -0.598. The van der Waals surface area contributed by atoms with E-state index in [0.717, 1.165) is 41.1 Å². The molecule has 0 aliphatic carbocycles. The molecule has 1 aromatic heterocycles. The molecule has 41 heavy (non-hydrogen) atoms. The SMILES string of the molecule is CCCN(CCc1c[nH]c2ccccc12)C(=O)c1ccccc1-c1ccccc1C(=O)NCc1cc(F)ccc1F. The molecule has 0 aliphatic heterocycles. The van der Waals surface area contributed by atoms with Crippen LogP contribution in [0.25, 0.3) is 22.0 Å². The summed E-state index contributed by atoms with van der Waals surface area (Å²) in [5.74, 6) is -1.74. The van der Waals surface area contributed by atoms with Gasteiger partial charge in [0.25, 0.3) is 11.8 Å². The van der Waals surface area contributed by atoms with Crippen molar-refractivity contribution in [1.82, 2.24) is 15.2 Å². The van der Waals surface area contributed by atoms with Crippen LogP contribution in [0, 0.1) is 11.6 Å². The van der Waals surface area contributed by atoms with E-state index >= 15 is 0 Å². The lowest BCUT2D eigenvalue weighted by atomic mass is 9.94. The van der Waals surface area contributed by atoms with E-state index in [0.29, 0.717) is 41.8 Å². The number of rotatable bonds is 10.